The van der Waals surface area contributed by atoms with Crippen LogP contribution in [0, 0.1) is 0 Å². The van der Waals surface area contributed by atoms with Crippen LogP contribution in [0.25, 0.3) is 0 Å². The molecule has 1 saturated heterocycles. The van der Waals surface area contributed by atoms with Crippen LogP contribution in [0.5, 0.6) is 0 Å². The van der Waals surface area contributed by atoms with E-state index in [9.17, 15) is 13.2 Å². The normalized spacial score (nSPS) is 19.0. The Morgan fingerprint density at radius 1 is 1.45 bits per heavy atom. The van der Waals surface area contributed by atoms with E-state index >= 15 is 0 Å². The van der Waals surface area contributed by atoms with E-state index in [-0.39, 0.29) is 11.9 Å². The highest BCUT2D eigenvalue weighted by molar-refractivity contribution is 7.90. The SMILES string of the molecule is CCNS(=O)(=O)Nc1cccc(C(=O)N2CCOCC2C)c1. The third-order valence-corrected chi connectivity index (χ3v) is 4.50. The predicted molar refractivity (Wildman–Crippen MR) is 84.0 cm³/mol. The van der Waals surface area contributed by atoms with Crippen molar-refractivity contribution in [2.75, 3.05) is 31.0 Å². The second-order valence-corrected chi connectivity index (χ2v) is 6.61. The molecule has 0 radical (unpaired) electrons. The van der Waals surface area contributed by atoms with Crippen molar-refractivity contribution >= 4 is 21.8 Å². The number of nitrogens with one attached hydrogen (secondary N) is 2. The first-order chi connectivity index (χ1) is 10.4. The molecular formula is C14H21N3O4S. The third kappa shape index (κ3) is 4.19. The molecule has 8 heteroatoms. The lowest BCUT2D eigenvalue weighted by atomic mass is 10.1. The van der Waals surface area contributed by atoms with Gasteiger partial charge >= 0.3 is 0 Å². The van der Waals surface area contributed by atoms with Gasteiger partial charge in [0.05, 0.1) is 24.9 Å². The van der Waals surface area contributed by atoms with Gasteiger partial charge in [-0.15, -0.1) is 0 Å². The summed E-state index contributed by atoms with van der Waals surface area (Å²) in [6.45, 7) is 5.47. The summed E-state index contributed by atoms with van der Waals surface area (Å²) < 4.78 is 33.5. The number of morpholine rings is 1. The van der Waals surface area contributed by atoms with Gasteiger partial charge in [-0.25, -0.2) is 0 Å². The van der Waals surface area contributed by atoms with Gasteiger partial charge in [0.2, 0.25) is 0 Å². The van der Waals surface area contributed by atoms with Gasteiger partial charge in [0.25, 0.3) is 16.1 Å². The number of hydrogen-bond acceptors (Lipinski definition) is 4. The lowest BCUT2D eigenvalue weighted by molar-refractivity contribution is 0.00360. The number of ether oxygens (including phenoxy) is 1. The van der Waals surface area contributed by atoms with Crippen LogP contribution in [0.3, 0.4) is 0 Å². The quantitative estimate of drug-likeness (QED) is 0.838. The smallest absolute Gasteiger partial charge is 0.299 e. The lowest BCUT2D eigenvalue weighted by Crippen LogP contribution is -2.47. The molecule has 0 saturated carbocycles. The van der Waals surface area contributed by atoms with Crippen LogP contribution < -0.4 is 9.44 Å². The van der Waals surface area contributed by atoms with Crippen molar-refractivity contribution in [2.45, 2.75) is 19.9 Å². The Morgan fingerprint density at radius 3 is 2.91 bits per heavy atom. The maximum atomic E-state index is 12.5. The zero-order valence-electron chi connectivity index (χ0n) is 12.7. The van der Waals surface area contributed by atoms with Crippen LogP contribution in [0.1, 0.15) is 24.2 Å². The Bertz CT molecular complexity index is 633. The van der Waals surface area contributed by atoms with Gasteiger partial charge < -0.3 is 9.64 Å². The second-order valence-electron chi connectivity index (χ2n) is 5.11. The molecule has 0 aliphatic carbocycles. The van der Waals surface area contributed by atoms with E-state index < -0.39 is 10.2 Å². The monoisotopic (exact) mass is 327 g/mol. The number of nitrogens with zero attached hydrogens (tertiary/aromatic N) is 1. The molecule has 1 aromatic rings. The van der Waals surface area contributed by atoms with Gasteiger partial charge in [-0.2, -0.15) is 13.1 Å². The highest BCUT2D eigenvalue weighted by atomic mass is 32.2. The molecule has 1 amide bonds. The Morgan fingerprint density at radius 2 is 2.23 bits per heavy atom. The third-order valence-electron chi connectivity index (χ3n) is 3.32. The summed E-state index contributed by atoms with van der Waals surface area (Å²) >= 11 is 0. The first-order valence-electron chi connectivity index (χ1n) is 7.19. The van der Waals surface area contributed by atoms with Crippen molar-refractivity contribution < 1.29 is 17.9 Å². The van der Waals surface area contributed by atoms with Crippen LogP contribution in [0.2, 0.25) is 0 Å². The fourth-order valence-electron chi connectivity index (χ4n) is 2.29. The molecule has 0 spiro atoms. The lowest BCUT2D eigenvalue weighted by Gasteiger charge is -2.33. The maximum absolute atomic E-state index is 12.5. The molecule has 1 atom stereocenters. The molecule has 1 fully saturated rings. The average molecular weight is 327 g/mol. The van der Waals surface area contributed by atoms with Gasteiger partial charge in [0.1, 0.15) is 0 Å². The minimum absolute atomic E-state index is 0.00311. The molecule has 22 heavy (non-hydrogen) atoms. The topological polar surface area (TPSA) is 87.7 Å². The number of rotatable bonds is 5. The molecule has 2 N–H and O–H groups in total. The summed E-state index contributed by atoms with van der Waals surface area (Å²) in [4.78, 5) is 14.3. The zero-order valence-corrected chi connectivity index (χ0v) is 13.5. The van der Waals surface area contributed by atoms with Gasteiger partial charge in [-0.1, -0.05) is 13.0 Å². The van der Waals surface area contributed by atoms with Gasteiger partial charge in [0, 0.05) is 18.7 Å². The van der Waals surface area contributed by atoms with Crippen molar-refractivity contribution in [3.8, 4) is 0 Å². The van der Waals surface area contributed by atoms with E-state index in [4.69, 9.17) is 4.74 Å². The molecule has 0 aromatic heterocycles. The largest absolute Gasteiger partial charge is 0.377 e. The molecule has 1 aliphatic rings. The summed E-state index contributed by atoms with van der Waals surface area (Å²) in [5.74, 6) is -0.125. The van der Waals surface area contributed by atoms with E-state index in [1.165, 1.54) is 0 Å². The highest BCUT2D eigenvalue weighted by Crippen LogP contribution is 2.16. The van der Waals surface area contributed by atoms with Gasteiger partial charge in [-0.3, -0.25) is 9.52 Å². The van der Waals surface area contributed by atoms with Crippen LogP contribution >= 0.6 is 0 Å². The molecular weight excluding hydrogens is 306 g/mol. The minimum Gasteiger partial charge on any atom is -0.377 e. The van der Waals surface area contributed by atoms with Crippen molar-refractivity contribution in [1.82, 2.24) is 9.62 Å². The van der Waals surface area contributed by atoms with E-state index in [1.54, 1.807) is 36.1 Å². The minimum atomic E-state index is -3.61. The molecule has 7 nitrogen and oxygen atoms in total. The molecule has 1 aromatic carbocycles. The zero-order chi connectivity index (χ0) is 16.2. The first kappa shape index (κ1) is 16.7. The molecule has 2 rings (SSSR count). The summed E-state index contributed by atoms with van der Waals surface area (Å²) in [5.41, 5.74) is 0.804. The molecule has 1 heterocycles. The summed E-state index contributed by atoms with van der Waals surface area (Å²) in [7, 11) is -3.61. The summed E-state index contributed by atoms with van der Waals surface area (Å²) in [5, 5.41) is 0. The fraction of sp³-hybridized carbons (Fsp3) is 0.500. The van der Waals surface area contributed by atoms with Gasteiger partial charge in [-0.05, 0) is 25.1 Å². The van der Waals surface area contributed by atoms with Crippen LogP contribution in [0.15, 0.2) is 24.3 Å². The van der Waals surface area contributed by atoms with Crippen molar-refractivity contribution in [1.29, 1.82) is 0 Å². The van der Waals surface area contributed by atoms with E-state index in [1.807, 2.05) is 6.92 Å². The highest BCUT2D eigenvalue weighted by Gasteiger charge is 2.25. The van der Waals surface area contributed by atoms with Crippen LogP contribution in [0.4, 0.5) is 5.69 Å². The molecule has 1 unspecified atom stereocenters. The molecule has 0 bridgehead atoms. The number of carbonyl (C=O) groups is 1. The van der Waals surface area contributed by atoms with E-state index in [0.29, 0.717) is 37.6 Å². The van der Waals surface area contributed by atoms with Crippen molar-refractivity contribution in [3.05, 3.63) is 29.8 Å². The Hall–Kier alpha value is -1.64. The maximum Gasteiger partial charge on any atom is 0.299 e. The van der Waals surface area contributed by atoms with Gasteiger partial charge in [0.15, 0.2) is 0 Å². The van der Waals surface area contributed by atoms with Crippen molar-refractivity contribution in [2.24, 2.45) is 0 Å². The predicted octanol–water partition coefficient (Wildman–Crippen LogP) is 0.814. The van der Waals surface area contributed by atoms with E-state index in [2.05, 4.69) is 9.44 Å². The molecule has 1 aliphatic heterocycles. The summed E-state index contributed by atoms with van der Waals surface area (Å²) in [6, 6.07) is 6.48. The number of amides is 1. The second kappa shape index (κ2) is 7.08. The first-order valence-corrected chi connectivity index (χ1v) is 8.67. The van der Waals surface area contributed by atoms with Crippen molar-refractivity contribution in [3.63, 3.8) is 0 Å². The summed E-state index contributed by atoms with van der Waals surface area (Å²) in [6.07, 6.45) is 0. The average Bonchev–Trinajstić information content (AvgIpc) is 2.46. The Kier molecular flexibility index (Phi) is 5.38. The Labute approximate surface area is 130 Å². The number of carbonyl (C=O) groups excluding carboxylic acids is 1. The number of anilines is 1. The standard InChI is InChI=1S/C14H21N3O4S/c1-3-15-22(19,20)16-13-6-4-5-12(9-13)14(18)17-7-8-21-10-11(17)2/h4-6,9,11,15-16H,3,7-8,10H2,1-2H3. The fourth-order valence-corrected chi connectivity index (χ4v) is 3.18. The van der Waals surface area contributed by atoms with E-state index in [0.717, 1.165) is 0 Å². The number of benzene rings is 1. The molecule has 122 valence electrons. The van der Waals surface area contributed by atoms with Crippen LogP contribution in [-0.2, 0) is 14.9 Å². The van der Waals surface area contributed by atoms with Crippen LogP contribution in [-0.4, -0.2) is 51.6 Å². The number of hydrogen-bond donors (Lipinski definition) is 2. The Balaban J connectivity index is 2.15.